The minimum Gasteiger partial charge on any atom is -0.475 e. The lowest BCUT2D eigenvalue weighted by atomic mass is 10.1. The van der Waals surface area contributed by atoms with E-state index in [1.807, 2.05) is 48.5 Å². The van der Waals surface area contributed by atoms with Gasteiger partial charge in [-0.05, 0) is 97.1 Å². The van der Waals surface area contributed by atoms with Crippen LogP contribution in [0.1, 0.15) is 59.1 Å². The number of rotatable bonds is 11. The van der Waals surface area contributed by atoms with Crippen LogP contribution in [-0.4, -0.2) is 40.6 Å². The molecule has 11 N–H and O–H groups in total. The number of furan rings is 2. The fraction of sp³-hybridized carbons (Fsp3) is 0.0182. The lowest BCUT2D eigenvalue weighted by molar-refractivity contribution is -0.115. The number of nitrogens with zero attached hydrogens (tertiary/aromatic N) is 1. The van der Waals surface area contributed by atoms with Crippen LogP contribution >= 0.6 is 0 Å². The molecule has 0 aliphatic heterocycles. The molecule has 2 heterocycles. The van der Waals surface area contributed by atoms with Gasteiger partial charge in [-0.1, -0.05) is 72.8 Å². The molecule has 9 aromatic rings. The molecule has 0 radical (unpaired) electrons. The number of amides is 5. The number of hydrogen-bond donors (Lipinski definition) is 8. The standard InChI is InChI=1S/C20H16FN3O2.C18H15N3O3.C17H14N2O4/c21-17-9-5-4-8-15(17)19(25)24-18-11-10-13(22)12-16(18)20(26)23-14-6-2-1-3-7-14;19-12-8-9-15(21-18(23)16-7-4-10-24-16)14(11-12)17(22)20-13-5-2-1-3-6-13;1-10(20)19(15-8-9-23-16(15)17(21)22)14-7-6-13(18)11-4-2-3-5-12(11)14/h1-12H,22H2,(H,23,26)(H,24,25);1-11H,19H2,(H,20,22)(H,21,23);2-9H,18H2,1H3,(H,21,22). The molecule has 5 amide bonds. The number of nitrogens with two attached hydrogens (primary N) is 3. The van der Waals surface area contributed by atoms with Crippen molar-refractivity contribution in [2.24, 2.45) is 0 Å². The summed E-state index contributed by atoms with van der Waals surface area (Å²) in [6, 6.07) is 48.1. The highest BCUT2D eigenvalue weighted by Gasteiger charge is 2.26. The van der Waals surface area contributed by atoms with E-state index < -0.39 is 29.5 Å². The van der Waals surface area contributed by atoms with Gasteiger partial charge in [0.05, 0.1) is 46.3 Å². The molecule has 0 saturated carbocycles. The Morgan fingerprint density at radius 3 is 1.55 bits per heavy atom. The van der Waals surface area contributed by atoms with Crippen molar-refractivity contribution in [3.8, 4) is 0 Å². The summed E-state index contributed by atoms with van der Waals surface area (Å²) in [5, 5.41) is 21.5. The molecule has 0 spiro atoms. The summed E-state index contributed by atoms with van der Waals surface area (Å²) in [6.07, 6.45) is 2.65. The van der Waals surface area contributed by atoms with Gasteiger partial charge in [0.25, 0.3) is 23.6 Å². The molecule has 0 saturated heterocycles. The number of anilines is 9. The smallest absolute Gasteiger partial charge is 0.374 e. The number of carboxylic acids is 1. The Morgan fingerprint density at radius 2 is 1.01 bits per heavy atom. The second-order valence-electron chi connectivity index (χ2n) is 15.6. The summed E-state index contributed by atoms with van der Waals surface area (Å²) in [4.78, 5) is 74.4. The van der Waals surface area contributed by atoms with E-state index in [2.05, 4.69) is 21.3 Å². The van der Waals surface area contributed by atoms with E-state index in [0.29, 0.717) is 39.8 Å². The van der Waals surface area contributed by atoms with E-state index in [9.17, 15) is 38.3 Å². The first-order valence-electron chi connectivity index (χ1n) is 22.0. The summed E-state index contributed by atoms with van der Waals surface area (Å²) < 4.78 is 23.8. The van der Waals surface area contributed by atoms with Gasteiger partial charge in [-0.2, -0.15) is 0 Å². The van der Waals surface area contributed by atoms with Crippen LogP contribution in [0.25, 0.3) is 10.8 Å². The largest absolute Gasteiger partial charge is 0.475 e. The molecule has 18 heteroatoms. The molecule has 0 unspecified atom stereocenters. The first-order chi connectivity index (χ1) is 35.2. The van der Waals surface area contributed by atoms with Crippen molar-refractivity contribution in [2.45, 2.75) is 6.92 Å². The molecule has 0 aliphatic rings. The summed E-state index contributed by atoms with van der Waals surface area (Å²) in [5.74, 6) is -4.26. The predicted molar refractivity (Wildman–Crippen MR) is 278 cm³/mol. The van der Waals surface area contributed by atoms with E-state index in [-0.39, 0.29) is 51.4 Å². The molecule has 7 aromatic carbocycles. The summed E-state index contributed by atoms with van der Waals surface area (Å²) >= 11 is 0. The van der Waals surface area contributed by atoms with Crippen LogP contribution < -0.4 is 43.4 Å². The quantitative estimate of drug-likeness (QED) is 0.0562. The maximum atomic E-state index is 13.8. The number of nitrogens with one attached hydrogen (secondary N) is 4. The van der Waals surface area contributed by atoms with Gasteiger partial charge in [0.1, 0.15) is 11.5 Å². The topological polar surface area (TPSA) is 278 Å². The molecular weight excluding hydrogens is 936 g/mol. The number of halogens is 1. The fourth-order valence-corrected chi connectivity index (χ4v) is 7.19. The highest BCUT2D eigenvalue weighted by Crippen LogP contribution is 2.37. The van der Waals surface area contributed by atoms with Gasteiger partial charge in [0, 0.05) is 52.2 Å². The molecule has 0 bridgehead atoms. The molecular formula is C55H45FN8O9. The number of benzene rings is 7. The minimum atomic E-state index is -1.24. The number of fused-ring (bicyclic) bond motifs is 1. The van der Waals surface area contributed by atoms with E-state index in [1.165, 1.54) is 72.9 Å². The maximum Gasteiger partial charge on any atom is 0.374 e. The maximum absolute atomic E-state index is 13.8. The fourth-order valence-electron chi connectivity index (χ4n) is 7.19. The van der Waals surface area contributed by atoms with Crippen LogP contribution in [0.3, 0.4) is 0 Å². The van der Waals surface area contributed by atoms with Crippen LogP contribution in [0.4, 0.5) is 55.6 Å². The van der Waals surface area contributed by atoms with Gasteiger partial charge >= 0.3 is 5.97 Å². The van der Waals surface area contributed by atoms with Crippen LogP contribution in [0.2, 0.25) is 0 Å². The van der Waals surface area contributed by atoms with Crippen LogP contribution in [0, 0.1) is 5.82 Å². The zero-order valence-corrected chi connectivity index (χ0v) is 38.7. The molecule has 73 heavy (non-hydrogen) atoms. The molecule has 0 fully saturated rings. The van der Waals surface area contributed by atoms with Gasteiger partial charge in [0.15, 0.2) is 5.76 Å². The van der Waals surface area contributed by atoms with Crippen molar-refractivity contribution < 1.29 is 47.1 Å². The number of carbonyl (C=O) groups is 6. The number of para-hydroxylation sites is 2. The Kier molecular flexibility index (Phi) is 16.0. The van der Waals surface area contributed by atoms with E-state index in [0.717, 1.165) is 10.8 Å². The Hall–Kier alpha value is -10.5. The van der Waals surface area contributed by atoms with Gasteiger partial charge in [-0.15, -0.1) is 0 Å². The third-order valence-corrected chi connectivity index (χ3v) is 10.6. The Bertz CT molecular complexity index is 3460. The van der Waals surface area contributed by atoms with Gasteiger partial charge in [-0.25, -0.2) is 9.18 Å². The van der Waals surface area contributed by atoms with Crippen molar-refractivity contribution in [2.75, 3.05) is 43.4 Å². The van der Waals surface area contributed by atoms with Gasteiger partial charge in [0.2, 0.25) is 11.7 Å². The zero-order valence-electron chi connectivity index (χ0n) is 38.7. The third kappa shape index (κ3) is 12.6. The Labute approximate surface area is 416 Å². The molecule has 366 valence electrons. The van der Waals surface area contributed by atoms with Crippen LogP contribution in [0.5, 0.6) is 0 Å². The average Bonchev–Trinajstić information content (AvgIpc) is 4.12. The SMILES string of the molecule is CC(=O)N(c1ccoc1C(=O)O)c1ccc(N)c2ccccc12.Nc1ccc(NC(=O)c2ccccc2F)c(C(=O)Nc2ccccc2)c1.Nc1ccc(NC(=O)c2ccco2)c(C(=O)Nc2ccccc2)c1. The monoisotopic (exact) mass is 980 g/mol. The van der Waals surface area contributed by atoms with Crippen molar-refractivity contribution in [1.29, 1.82) is 0 Å². The van der Waals surface area contributed by atoms with Crippen LogP contribution in [0.15, 0.2) is 197 Å². The molecule has 0 aliphatic carbocycles. The van der Waals surface area contributed by atoms with Crippen molar-refractivity contribution in [1.82, 2.24) is 0 Å². The van der Waals surface area contributed by atoms with E-state index in [4.69, 9.17) is 26.0 Å². The second kappa shape index (κ2) is 23.2. The Morgan fingerprint density at radius 1 is 0.493 bits per heavy atom. The summed E-state index contributed by atoms with van der Waals surface area (Å²) in [7, 11) is 0. The van der Waals surface area contributed by atoms with Crippen molar-refractivity contribution in [3.63, 3.8) is 0 Å². The molecule has 0 atom stereocenters. The van der Waals surface area contributed by atoms with E-state index >= 15 is 0 Å². The first kappa shape index (κ1) is 50.4. The average molecular weight is 981 g/mol. The lowest BCUT2D eigenvalue weighted by Gasteiger charge is -2.22. The number of carbonyl (C=O) groups excluding carboxylic acids is 5. The lowest BCUT2D eigenvalue weighted by Crippen LogP contribution is -2.24. The normalized spacial score (nSPS) is 10.3. The zero-order chi connectivity index (χ0) is 52.0. The molecule has 17 nitrogen and oxygen atoms in total. The van der Waals surface area contributed by atoms with Gasteiger partial charge in [-0.3, -0.25) is 28.9 Å². The Balaban J connectivity index is 0.000000161. The molecule has 9 rings (SSSR count). The number of hydrogen-bond acceptors (Lipinski definition) is 11. The van der Waals surface area contributed by atoms with Crippen molar-refractivity contribution >= 4 is 97.5 Å². The number of nitrogen functional groups attached to an aromatic ring is 3. The predicted octanol–water partition coefficient (Wildman–Crippen LogP) is 10.7. The third-order valence-electron chi connectivity index (χ3n) is 10.6. The minimum absolute atomic E-state index is 0.112. The molecule has 2 aromatic heterocycles. The first-order valence-corrected chi connectivity index (χ1v) is 22.0. The summed E-state index contributed by atoms with van der Waals surface area (Å²) in [6.45, 7) is 1.36. The second-order valence-corrected chi connectivity index (χ2v) is 15.6. The van der Waals surface area contributed by atoms with Gasteiger partial charge < -0.3 is 52.4 Å². The summed E-state index contributed by atoms with van der Waals surface area (Å²) in [5.41, 5.74) is 21.8. The highest BCUT2D eigenvalue weighted by molar-refractivity contribution is 6.15. The van der Waals surface area contributed by atoms with Crippen molar-refractivity contribution in [3.05, 3.63) is 222 Å². The number of carboxylic acid groups (broad SMARTS) is 1. The van der Waals surface area contributed by atoms with Crippen LogP contribution in [-0.2, 0) is 4.79 Å². The van der Waals surface area contributed by atoms with E-state index in [1.54, 1.807) is 78.9 Å². The highest BCUT2D eigenvalue weighted by atomic mass is 19.1. The number of aromatic carboxylic acids is 1.